The van der Waals surface area contributed by atoms with E-state index in [2.05, 4.69) is 65.9 Å². The molecule has 206 valence electrons. The van der Waals surface area contributed by atoms with Gasteiger partial charge in [0.25, 0.3) is 0 Å². The lowest BCUT2D eigenvalue weighted by atomic mass is 9.98. The van der Waals surface area contributed by atoms with Crippen molar-refractivity contribution in [1.82, 2.24) is 20.3 Å². The lowest BCUT2D eigenvalue weighted by Gasteiger charge is -2.13. The minimum atomic E-state index is -0.226. The Morgan fingerprint density at radius 2 is 2.02 bits per heavy atom. The maximum Gasteiger partial charge on any atom is 0.176 e. The van der Waals surface area contributed by atoms with Gasteiger partial charge in [0.15, 0.2) is 5.13 Å². The maximum atomic E-state index is 13.6. The summed E-state index contributed by atoms with van der Waals surface area (Å²) in [6, 6.07) is 9.38. The third-order valence-corrected chi connectivity index (χ3v) is 8.17. The zero-order valence-electron chi connectivity index (χ0n) is 22.9. The summed E-state index contributed by atoms with van der Waals surface area (Å²) >= 11 is 1.09. The topological polar surface area (TPSA) is 79.6 Å². The van der Waals surface area contributed by atoms with Gasteiger partial charge in [0.1, 0.15) is 11.3 Å². The van der Waals surface area contributed by atoms with Crippen molar-refractivity contribution in [2.75, 3.05) is 18.8 Å². The van der Waals surface area contributed by atoms with Crippen LogP contribution in [0, 0.1) is 23.9 Å². The highest BCUT2D eigenvalue weighted by Crippen LogP contribution is 2.32. The number of hydrogen-bond donors (Lipinski definition) is 3. The van der Waals surface area contributed by atoms with Gasteiger partial charge in [-0.05, 0) is 78.8 Å². The Morgan fingerprint density at radius 3 is 2.73 bits per heavy atom. The van der Waals surface area contributed by atoms with E-state index in [1.165, 1.54) is 31.7 Å². The second kappa shape index (κ2) is 13.9. The zero-order chi connectivity index (χ0) is 28.5. The summed E-state index contributed by atoms with van der Waals surface area (Å²) in [4.78, 5) is 13.3. The lowest BCUT2D eigenvalue weighted by Crippen LogP contribution is -2.23. The van der Waals surface area contributed by atoms with E-state index in [4.69, 9.17) is 10.7 Å². The van der Waals surface area contributed by atoms with Crippen LogP contribution in [0.2, 0.25) is 0 Å². The fourth-order valence-corrected chi connectivity index (χ4v) is 5.92. The fourth-order valence-electron chi connectivity index (χ4n) is 5.18. The number of H-pyrrole nitrogens is 1. The molecule has 1 aromatic carbocycles. The van der Waals surface area contributed by atoms with Gasteiger partial charge >= 0.3 is 0 Å². The van der Waals surface area contributed by atoms with E-state index >= 15 is 0 Å². The molecule has 0 unspecified atom stereocenters. The zero-order valence-corrected chi connectivity index (χ0v) is 23.7. The number of anilines is 1. The van der Waals surface area contributed by atoms with Crippen molar-refractivity contribution in [1.29, 1.82) is 0 Å². The molecule has 1 aliphatic rings. The minimum Gasteiger partial charge on any atom is -0.398 e. The number of nitrogen functional groups attached to an aromatic ring is 1. The van der Waals surface area contributed by atoms with Crippen LogP contribution in [0.5, 0.6) is 0 Å². The molecule has 3 heterocycles. The molecular weight excluding hydrogens is 517 g/mol. The van der Waals surface area contributed by atoms with Gasteiger partial charge in [0.05, 0.1) is 11.7 Å². The van der Waals surface area contributed by atoms with Gasteiger partial charge in [-0.1, -0.05) is 43.7 Å². The van der Waals surface area contributed by atoms with E-state index in [1.54, 1.807) is 18.5 Å². The second-order valence-corrected chi connectivity index (χ2v) is 10.9. The number of allylic oxidation sites excluding steroid dienone is 3. The molecule has 0 atom stereocenters. The van der Waals surface area contributed by atoms with Crippen molar-refractivity contribution in [3.05, 3.63) is 95.2 Å². The standard InChI is InChI=1S/C31H34FN5S.C2H2/c1-3-20(16-34-17-21-7-5-6-8-21)13-22(4-2)23-9-10-26(33)24(14-23)15-30-36-27-19-35-18-25(31(27)37-30)28-11-12-29(32)38-28;1-2/h3-4,9-14,18-19,21,34H,1,5-8,15-17,33H2,2H3,(H,36,37);1-2H/b20-13+,22-4+;. The van der Waals surface area contributed by atoms with Crippen molar-refractivity contribution in [2.24, 2.45) is 5.92 Å². The second-order valence-electron chi connectivity index (χ2n) is 9.91. The fraction of sp³-hybridized carbons (Fsp3) is 0.273. The Morgan fingerprint density at radius 1 is 1.23 bits per heavy atom. The predicted molar refractivity (Wildman–Crippen MR) is 167 cm³/mol. The van der Waals surface area contributed by atoms with Crippen molar-refractivity contribution < 1.29 is 4.39 Å². The van der Waals surface area contributed by atoms with E-state index < -0.39 is 0 Å². The Hall–Kier alpha value is -3.99. The number of nitrogens with two attached hydrogens (primary N) is 1. The number of hydrogen-bond acceptors (Lipinski definition) is 5. The highest BCUT2D eigenvalue weighted by atomic mass is 32.1. The van der Waals surface area contributed by atoms with Crippen LogP contribution in [-0.2, 0) is 6.42 Å². The first kappa shape index (κ1) is 29.0. The number of pyridine rings is 1. The molecule has 1 saturated carbocycles. The van der Waals surface area contributed by atoms with Crippen molar-refractivity contribution in [2.45, 2.75) is 39.0 Å². The molecule has 0 radical (unpaired) electrons. The van der Waals surface area contributed by atoms with Gasteiger partial charge in [-0.2, -0.15) is 4.39 Å². The predicted octanol–water partition coefficient (Wildman–Crippen LogP) is 7.54. The van der Waals surface area contributed by atoms with E-state index in [-0.39, 0.29) is 5.13 Å². The van der Waals surface area contributed by atoms with Crippen LogP contribution < -0.4 is 11.1 Å². The van der Waals surface area contributed by atoms with Gasteiger partial charge in [-0.15, -0.1) is 24.2 Å². The molecule has 0 bridgehead atoms. The molecule has 0 aliphatic heterocycles. The van der Waals surface area contributed by atoms with Crippen molar-refractivity contribution >= 4 is 33.6 Å². The number of nitrogens with zero attached hydrogens (tertiary/aromatic N) is 2. The average molecular weight is 554 g/mol. The summed E-state index contributed by atoms with van der Waals surface area (Å²) < 4.78 is 13.6. The summed E-state index contributed by atoms with van der Waals surface area (Å²) in [6.45, 7) is 7.97. The summed E-state index contributed by atoms with van der Waals surface area (Å²) in [5.41, 5.74) is 13.9. The molecule has 5 nitrogen and oxygen atoms in total. The van der Waals surface area contributed by atoms with Crippen LogP contribution in [0.15, 0.2) is 73.1 Å². The number of aromatic nitrogens is 3. The number of fused-ring (bicyclic) bond motifs is 1. The molecule has 7 heteroatoms. The lowest BCUT2D eigenvalue weighted by molar-refractivity contribution is 0.503. The minimum absolute atomic E-state index is 0.226. The van der Waals surface area contributed by atoms with Crippen molar-refractivity contribution in [3.8, 4) is 23.3 Å². The van der Waals surface area contributed by atoms with E-state index in [1.807, 2.05) is 12.1 Å². The maximum absolute atomic E-state index is 13.6. The smallest absolute Gasteiger partial charge is 0.176 e. The van der Waals surface area contributed by atoms with Gasteiger partial charge in [0, 0.05) is 35.3 Å². The number of thiophene rings is 1. The average Bonchev–Trinajstić information content (AvgIpc) is 3.74. The number of imidazole rings is 1. The number of aromatic amines is 1. The molecule has 40 heavy (non-hydrogen) atoms. The largest absolute Gasteiger partial charge is 0.398 e. The van der Waals surface area contributed by atoms with Crippen molar-refractivity contribution in [3.63, 3.8) is 0 Å². The Kier molecular flexibility index (Phi) is 10.1. The number of rotatable bonds is 10. The molecule has 0 saturated heterocycles. The van der Waals surface area contributed by atoms with Gasteiger partial charge < -0.3 is 16.0 Å². The van der Waals surface area contributed by atoms with Crippen LogP contribution in [-0.4, -0.2) is 28.0 Å². The molecule has 4 aromatic rings. The summed E-state index contributed by atoms with van der Waals surface area (Å²) in [5.74, 6) is 1.59. The summed E-state index contributed by atoms with van der Waals surface area (Å²) in [5, 5.41) is 3.39. The summed E-state index contributed by atoms with van der Waals surface area (Å²) in [7, 11) is 0. The number of halogens is 1. The van der Waals surface area contributed by atoms with Crippen LogP contribution in [0.4, 0.5) is 10.1 Å². The number of benzene rings is 1. The molecule has 4 N–H and O–H groups in total. The monoisotopic (exact) mass is 553 g/mol. The number of terminal acetylenes is 1. The first-order chi connectivity index (χ1) is 19.5. The Bertz CT molecular complexity index is 1530. The molecule has 0 spiro atoms. The summed E-state index contributed by atoms with van der Waals surface area (Å²) in [6.07, 6.45) is 23.7. The first-order valence-electron chi connectivity index (χ1n) is 13.5. The Balaban J connectivity index is 0.00000181. The third-order valence-electron chi connectivity index (χ3n) is 7.27. The molecule has 1 aliphatic carbocycles. The molecule has 5 rings (SSSR count). The van der Waals surface area contributed by atoms with Gasteiger partial charge in [0.2, 0.25) is 0 Å². The number of nitrogens with one attached hydrogen (secondary N) is 2. The molecule has 0 amide bonds. The highest BCUT2D eigenvalue weighted by Gasteiger charge is 2.15. The molecular formula is C33H36FN5S. The quantitative estimate of drug-likeness (QED) is 0.108. The molecule has 1 fully saturated rings. The van der Waals surface area contributed by atoms with E-state index in [0.717, 1.165) is 85.6 Å². The highest BCUT2D eigenvalue weighted by molar-refractivity contribution is 7.14. The Labute approximate surface area is 240 Å². The van der Waals surface area contributed by atoms with E-state index in [0.29, 0.717) is 6.42 Å². The SMILES string of the molecule is C#C.C=C/C(=C\C(=C/C)c1ccc(N)c(Cc2nc3c(-c4ccc(F)s4)cncc3[nH]2)c1)CNCC1CCCC1. The van der Waals surface area contributed by atoms with E-state index in [9.17, 15) is 4.39 Å². The van der Waals surface area contributed by atoms with Gasteiger partial charge in [-0.3, -0.25) is 4.98 Å². The van der Waals surface area contributed by atoms with Crippen LogP contribution in [0.25, 0.3) is 27.0 Å². The van der Waals surface area contributed by atoms with Crippen LogP contribution in [0.1, 0.15) is 49.6 Å². The third kappa shape index (κ3) is 6.95. The van der Waals surface area contributed by atoms with Crippen LogP contribution in [0.3, 0.4) is 0 Å². The molecule has 3 aromatic heterocycles. The first-order valence-corrected chi connectivity index (χ1v) is 14.4. The normalized spacial score (nSPS) is 14.3. The van der Waals surface area contributed by atoms with Crippen LogP contribution >= 0.6 is 11.3 Å². The van der Waals surface area contributed by atoms with Gasteiger partial charge in [-0.25, -0.2) is 4.98 Å².